The molecule has 0 bridgehead atoms. The van der Waals surface area contributed by atoms with Crippen molar-refractivity contribution in [3.05, 3.63) is 96.1 Å². The fraction of sp³-hybridized carbons (Fsp3) is 0.0909. The summed E-state index contributed by atoms with van der Waals surface area (Å²) < 4.78 is 6.05. The van der Waals surface area contributed by atoms with Gasteiger partial charge in [-0.25, -0.2) is 0 Å². The van der Waals surface area contributed by atoms with E-state index in [9.17, 15) is 0 Å². The lowest BCUT2D eigenvalue weighted by Gasteiger charge is -2.13. The average molecular weight is 298 g/mol. The topological polar surface area (TPSA) is 9.23 Å². The van der Waals surface area contributed by atoms with Crippen LogP contribution in [0.1, 0.15) is 17.5 Å². The van der Waals surface area contributed by atoms with E-state index in [1.807, 2.05) is 6.07 Å². The van der Waals surface area contributed by atoms with Gasteiger partial charge in [-0.2, -0.15) is 0 Å². The molecule has 1 heteroatoms. The Morgan fingerprint density at radius 2 is 1.13 bits per heavy atom. The largest absolute Gasteiger partial charge is 0.492 e. The summed E-state index contributed by atoms with van der Waals surface area (Å²) >= 11 is 0. The van der Waals surface area contributed by atoms with E-state index in [0.29, 0.717) is 0 Å². The molecule has 1 nitrogen and oxygen atoms in total. The molecule has 0 amide bonds. The lowest BCUT2D eigenvalue weighted by Crippen LogP contribution is -1.92. The van der Waals surface area contributed by atoms with Crippen LogP contribution >= 0.6 is 0 Å². The number of ether oxygens (including phenoxy) is 1. The molecule has 3 aromatic carbocycles. The third kappa shape index (κ3) is 2.66. The fourth-order valence-electron chi connectivity index (χ4n) is 3.16. The van der Waals surface area contributed by atoms with Gasteiger partial charge in [0.15, 0.2) is 0 Å². The molecule has 0 saturated heterocycles. The Morgan fingerprint density at radius 1 is 0.565 bits per heavy atom. The number of benzene rings is 3. The van der Waals surface area contributed by atoms with E-state index < -0.39 is 0 Å². The predicted octanol–water partition coefficient (Wildman–Crippen LogP) is 5.64. The van der Waals surface area contributed by atoms with E-state index in [-0.39, 0.29) is 0 Å². The van der Waals surface area contributed by atoms with Crippen molar-refractivity contribution in [3.63, 3.8) is 0 Å². The predicted molar refractivity (Wildman–Crippen MR) is 95.7 cm³/mol. The molecule has 3 aromatic rings. The zero-order chi connectivity index (χ0) is 15.5. The second-order valence-corrected chi connectivity index (χ2v) is 5.68. The Hall–Kier alpha value is -2.80. The molecular weight excluding hydrogens is 280 g/mol. The van der Waals surface area contributed by atoms with Crippen molar-refractivity contribution in [2.75, 3.05) is 6.61 Å². The Morgan fingerprint density at radius 3 is 1.83 bits per heavy atom. The molecule has 1 heterocycles. The highest BCUT2D eigenvalue weighted by Gasteiger charge is 2.21. The lowest BCUT2D eigenvalue weighted by atomic mass is 9.94. The average Bonchev–Trinajstić information content (AvgIpc) is 3.13. The zero-order valence-electron chi connectivity index (χ0n) is 12.9. The summed E-state index contributed by atoms with van der Waals surface area (Å²) in [4.78, 5) is 0. The molecule has 4 rings (SSSR count). The summed E-state index contributed by atoms with van der Waals surface area (Å²) in [5.74, 6) is 1.02. The molecule has 1 aliphatic rings. The monoisotopic (exact) mass is 298 g/mol. The van der Waals surface area contributed by atoms with Crippen LogP contribution in [0.25, 0.3) is 22.5 Å². The quantitative estimate of drug-likeness (QED) is 0.608. The van der Waals surface area contributed by atoms with Crippen LogP contribution in [-0.2, 0) is 4.74 Å². The highest BCUT2D eigenvalue weighted by atomic mass is 16.5. The highest BCUT2D eigenvalue weighted by molar-refractivity contribution is 5.93. The lowest BCUT2D eigenvalue weighted by molar-refractivity contribution is 0.308. The summed E-state index contributed by atoms with van der Waals surface area (Å²) in [5.41, 5.74) is 6.17. The van der Waals surface area contributed by atoms with Crippen molar-refractivity contribution >= 4 is 11.3 Å². The van der Waals surface area contributed by atoms with Gasteiger partial charge >= 0.3 is 0 Å². The SMILES string of the molecule is c1ccc(C2=C(c3ccccc3-c3ccccc3)OCC2)cc1. The molecule has 0 aromatic heterocycles. The number of rotatable bonds is 3. The first-order chi connectivity index (χ1) is 11.4. The third-order valence-electron chi connectivity index (χ3n) is 4.25. The summed E-state index contributed by atoms with van der Waals surface area (Å²) in [6.45, 7) is 0.753. The summed E-state index contributed by atoms with van der Waals surface area (Å²) in [7, 11) is 0. The number of hydrogen-bond acceptors (Lipinski definition) is 1. The van der Waals surface area contributed by atoms with Gasteiger partial charge in [-0.3, -0.25) is 0 Å². The zero-order valence-corrected chi connectivity index (χ0v) is 12.9. The van der Waals surface area contributed by atoms with Crippen LogP contribution in [0.4, 0.5) is 0 Å². The van der Waals surface area contributed by atoms with Crippen LogP contribution in [0.2, 0.25) is 0 Å². The normalized spacial score (nSPS) is 13.9. The van der Waals surface area contributed by atoms with E-state index in [4.69, 9.17) is 4.74 Å². The van der Waals surface area contributed by atoms with Crippen molar-refractivity contribution in [1.82, 2.24) is 0 Å². The van der Waals surface area contributed by atoms with Crippen LogP contribution in [0.3, 0.4) is 0 Å². The molecule has 0 aliphatic carbocycles. The van der Waals surface area contributed by atoms with Crippen molar-refractivity contribution in [2.24, 2.45) is 0 Å². The van der Waals surface area contributed by atoms with Gasteiger partial charge in [0.2, 0.25) is 0 Å². The van der Waals surface area contributed by atoms with E-state index in [2.05, 4.69) is 78.9 Å². The van der Waals surface area contributed by atoms with Gasteiger partial charge in [-0.05, 0) is 16.7 Å². The Kier molecular flexibility index (Phi) is 3.69. The van der Waals surface area contributed by atoms with Crippen molar-refractivity contribution in [1.29, 1.82) is 0 Å². The number of hydrogen-bond donors (Lipinski definition) is 0. The maximum Gasteiger partial charge on any atom is 0.131 e. The summed E-state index contributed by atoms with van der Waals surface area (Å²) in [6, 6.07) is 29.5. The smallest absolute Gasteiger partial charge is 0.131 e. The minimum absolute atomic E-state index is 0.753. The molecule has 0 fully saturated rings. The maximum absolute atomic E-state index is 6.05. The molecule has 0 atom stereocenters. The molecule has 0 N–H and O–H groups in total. The Labute approximate surface area is 136 Å². The molecule has 112 valence electrons. The Bertz CT molecular complexity index is 832. The molecule has 23 heavy (non-hydrogen) atoms. The van der Waals surface area contributed by atoms with Crippen molar-refractivity contribution in [2.45, 2.75) is 6.42 Å². The second kappa shape index (κ2) is 6.13. The highest BCUT2D eigenvalue weighted by Crippen LogP contribution is 2.39. The standard InChI is InChI=1S/C22H18O/c1-3-9-17(10-4-1)19-13-7-8-14-21(19)22-20(15-16-23-22)18-11-5-2-6-12-18/h1-14H,15-16H2. The second-order valence-electron chi connectivity index (χ2n) is 5.68. The fourth-order valence-corrected chi connectivity index (χ4v) is 3.16. The first-order valence-corrected chi connectivity index (χ1v) is 8.00. The van der Waals surface area contributed by atoms with Gasteiger partial charge in [-0.15, -0.1) is 0 Å². The van der Waals surface area contributed by atoms with Crippen LogP contribution in [0.15, 0.2) is 84.9 Å². The van der Waals surface area contributed by atoms with E-state index in [1.54, 1.807) is 0 Å². The van der Waals surface area contributed by atoms with Gasteiger partial charge in [0.1, 0.15) is 5.76 Å². The van der Waals surface area contributed by atoms with Crippen molar-refractivity contribution in [3.8, 4) is 11.1 Å². The van der Waals surface area contributed by atoms with Crippen LogP contribution in [0.5, 0.6) is 0 Å². The minimum Gasteiger partial charge on any atom is -0.492 e. The van der Waals surface area contributed by atoms with Crippen LogP contribution in [0, 0.1) is 0 Å². The molecule has 0 spiro atoms. The van der Waals surface area contributed by atoms with Crippen molar-refractivity contribution < 1.29 is 4.74 Å². The first kappa shape index (κ1) is 13.8. The van der Waals surface area contributed by atoms with Crippen LogP contribution in [-0.4, -0.2) is 6.61 Å². The van der Waals surface area contributed by atoms with E-state index >= 15 is 0 Å². The van der Waals surface area contributed by atoms with Gasteiger partial charge < -0.3 is 4.74 Å². The first-order valence-electron chi connectivity index (χ1n) is 8.00. The third-order valence-corrected chi connectivity index (χ3v) is 4.25. The molecule has 0 unspecified atom stereocenters. The molecular formula is C22H18O. The van der Waals surface area contributed by atoms with Gasteiger partial charge in [0.25, 0.3) is 0 Å². The summed E-state index contributed by atoms with van der Waals surface area (Å²) in [5, 5.41) is 0. The molecule has 0 saturated carbocycles. The van der Waals surface area contributed by atoms with Gasteiger partial charge in [-0.1, -0.05) is 84.9 Å². The molecule has 0 radical (unpaired) electrons. The van der Waals surface area contributed by atoms with Gasteiger partial charge in [0, 0.05) is 17.6 Å². The minimum atomic E-state index is 0.753. The maximum atomic E-state index is 6.05. The molecule has 1 aliphatic heterocycles. The van der Waals surface area contributed by atoms with Gasteiger partial charge in [0.05, 0.1) is 6.61 Å². The Balaban J connectivity index is 1.88. The van der Waals surface area contributed by atoms with Crippen LogP contribution < -0.4 is 0 Å². The van der Waals surface area contributed by atoms with E-state index in [0.717, 1.165) is 18.8 Å². The van der Waals surface area contributed by atoms with E-state index in [1.165, 1.54) is 27.8 Å². The summed E-state index contributed by atoms with van der Waals surface area (Å²) in [6.07, 6.45) is 0.961.